The van der Waals surface area contributed by atoms with Gasteiger partial charge in [-0.1, -0.05) is 12.1 Å². The van der Waals surface area contributed by atoms with Crippen LogP contribution >= 0.6 is 0 Å². The van der Waals surface area contributed by atoms with Gasteiger partial charge in [-0.05, 0) is 55.8 Å². The number of ether oxygens (including phenoxy) is 1. The van der Waals surface area contributed by atoms with Crippen LogP contribution in [0.15, 0.2) is 54.7 Å². The number of rotatable bonds is 5. The van der Waals surface area contributed by atoms with Crippen LogP contribution in [0.25, 0.3) is 10.9 Å². The van der Waals surface area contributed by atoms with Gasteiger partial charge in [0.25, 0.3) is 0 Å². The van der Waals surface area contributed by atoms with Crippen molar-refractivity contribution in [3.63, 3.8) is 0 Å². The zero-order chi connectivity index (χ0) is 25.7. The largest absolute Gasteiger partial charge is 0.370 e. The summed E-state index contributed by atoms with van der Waals surface area (Å²) in [7, 11) is 0. The molecule has 0 radical (unpaired) electrons. The highest BCUT2D eigenvalue weighted by atomic mass is 16.5. The Balaban J connectivity index is 1.09. The number of hydrogen-bond acceptors (Lipinski definition) is 7. The molecule has 2 atom stereocenters. The van der Waals surface area contributed by atoms with E-state index in [9.17, 15) is 5.26 Å². The van der Waals surface area contributed by atoms with Crippen LogP contribution in [0.4, 0.5) is 11.4 Å². The van der Waals surface area contributed by atoms with E-state index < -0.39 is 0 Å². The van der Waals surface area contributed by atoms with Crippen molar-refractivity contribution >= 4 is 22.3 Å². The predicted molar refractivity (Wildman–Crippen MR) is 143 cm³/mol. The van der Waals surface area contributed by atoms with E-state index in [4.69, 9.17) is 11.8 Å². The number of aromatic nitrogens is 1. The fourth-order valence-corrected chi connectivity index (χ4v) is 6.00. The van der Waals surface area contributed by atoms with E-state index in [0.29, 0.717) is 17.0 Å². The number of nitrogens with two attached hydrogens (primary N) is 1. The summed E-state index contributed by atoms with van der Waals surface area (Å²) in [5.74, 6) is 0.565. The van der Waals surface area contributed by atoms with Gasteiger partial charge in [-0.15, -0.1) is 0 Å². The van der Waals surface area contributed by atoms with Gasteiger partial charge in [0.2, 0.25) is 0 Å². The molecule has 3 fully saturated rings. The highest BCUT2D eigenvalue weighted by Gasteiger charge is 2.36. The summed E-state index contributed by atoms with van der Waals surface area (Å²) in [5.41, 5.74) is 10.9. The van der Waals surface area contributed by atoms with Crippen LogP contribution in [-0.2, 0) is 4.74 Å². The summed E-state index contributed by atoms with van der Waals surface area (Å²) in [6.45, 7) is 10.6. The number of pyridine rings is 1. The molecule has 0 unspecified atom stereocenters. The molecular weight excluding hydrogens is 448 g/mol. The highest BCUT2D eigenvalue weighted by Crippen LogP contribution is 2.33. The Hall–Kier alpha value is -3.18. The van der Waals surface area contributed by atoms with Gasteiger partial charge in [-0.3, -0.25) is 9.88 Å². The molecule has 36 heavy (non-hydrogen) atoms. The normalized spacial score (nSPS) is 24.7. The lowest BCUT2D eigenvalue weighted by molar-refractivity contribution is -0.0434. The lowest BCUT2D eigenvalue weighted by atomic mass is 9.89. The Bertz CT molecular complexity index is 1340. The first kappa shape index (κ1) is 22.1. The zero-order valence-corrected chi connectivity index (χ0v) is 21.0. The average molecular weight is 484 g/mol. The van der Waals surface area contributed by atoms with Gasteiger partial charge in [-0.25, -0.2) is 0 Å². The summed E-state index contributed by atoms with van der Waals surface area (Å²) in [6.07, 6.45) is 0.392. The van der Waals surface area contributed by atoms with Crippen molar-refractivity contribution in [3.8, 4) is 6.07 Å². The van der Waals surface area contributed by atoms with Crippen molar-refractivity contribution < 1.29 is 6.11 Å². The van der Waals surface area contributed by atoms with Gasteiger partial charge in [-0.2, -0.15) is 5.26 Å². The number of nitriles is 1. The molecule has 7 heteroatoms. The van der Waals surface area contributed by atoms with Crippen LogP contribution < -0.4 is 15.5 Å². The van der Waals surface area contributed by atoms with Crippen LogP contribution in [0.3, 0.4) is 0 Å². The highest BCUT2D eigenvalue weighted by molar-refractivity contribution is 5.95. The molecule has 0 bridgehead atoms. The van der Waals surface area contributed by atoms with Crippen molar-refractivity contribution in [2.75, 3.05) is 55.6 Å². The third-order valence-corrected chi connectivity index (χ3v) is 7.74. The molecule has 3 saturated heterocycles. The van der Waals surface area contributed by atoms with Crippen LogP contribution in [0, 0.1) is 11.3 Å². The van der Waals surface area contributed by atoms with Gasteiger partial charge in [0, 0.05) is 80.2 Å². The van der Waals surface area contributed by atoms with Crippen LogP contribution in [0.1, 0.15) is 32.3 Å². The molecule has 4 heterocycles. The lowest BCUT2D eigenvalue weighted by Crippen LogP contribution is -2.65. The minimum atomic E-state index is -0.0586. The van der Waals surface area contributed by atoms with E-state index in [1.165, 1.54) is 11.3 Å². The fraction of sp³-hybridized carbons (Fsp3) is 0.448. The fourth-order valence-electron chi connectivity index (χ4n) is 6.00. The molecule has 6 rings (SSSR count). The Morgan fingerprint density at radius 3 is 2.61 bits per heavy atom. The van der Waals surface area contributed by atoms with E-state index >= 15 is 0 Å². The Kier molecular flexibility index (Phi) is 5.54. The Morgan fingerprint density at radius 1 is 1.11 bits per heavy atom. The zero-order valence-electron chi connectivity index (χ0n) is 22.0. The molecule has 3 aliphatic heterocycles. The van der Waals surface area contributed by atoms with E-state index in [1.54, 1.807) is 6.07 Å². The number of nitrogens with zero attached hydrogens (tertiary/aromatic N) is 5. The van der Waals surface area contributed by atoms with Crippen molar-refractivity contribution in [2.24, 2.45) is 5.73 Å². The maximum atomic E-state index is 9.52. The van der Waals surface area contributed by atoms with E-state index in [0.717, 1.165) is 56.9 Å². The van der Waals surface area contributed by atoms with Gasteiger partial charge in [0.05, 0.1) is 24.7 Å². The molecule has 1 aromatic heterocycles. The monoisotopic (exact) mass is 483 g/mol. The van der Waals surface area contributed by atoms with E-state index in [1.807, 2.05) is 18.2 Å². The first-order chi connectivity index (χ1) is 17.8. The third kappa shape index (κ3) is 4.41. The Labute approximate surface area is 214 Å². The molecule has 186 valence electrons. The van der Waals surface area contributed by atoms with Gasteiger partial charge in [0.1, 0.15) is 6.07 Å². The van der Waals surface area contributed by atoms with Crippen molar-refractivity contribution in [3.05, 3.63) is 65.8 Å². The van der Waals surface area contributed by atoms with Crippen molar-refractivity contribution in [2.45, 2.75) is 37.5 Å². The summed E-state index contributed by atoms with van der Waals surface area (Å²) in [4.78, 5) is 11.5. The number of benzene rings is 2. The quantitative estimate of drug-likeness (QED) is 0.596. The Morgan fingerprint density at radius 2 is 1.89 bits per heavy atom. The number of likely N-dealkylation sites (tertiary alicyclic amines) is 1. The second-order valence-electron chi connectivity index (χ2n) is 11.1. The first-order valence-electron chi connectivity index (χ1n) is 13.3. The molecule has 3 aromatic rings. The van der Waals surface area contributed by atoms with Crippen molar-refractivity contribution in [1.82, 2.24) is 9.88 Å². The lowest BCUT2D eigenvalue weighted by Gasteiger charge is -2.47. The number of anilines is 2. The maximum absolute atomic E-state index is 9.52. The predicted octanol–water partition coefficient (Wildman–Crippen LogP) is 3.34. The SMILES string of the molecule is [2H]c1ccc2c(N3C[C@H](CN4CC(c5ccc(N6CC(C)(N)C6)cc5)C4)O[C@H](C)C3)ccc(C#N)c2n1. The van der Waals surface area contributed by atoms with Crippen LogP contribution in [-0.4, -0.2) is 73.4 Å². The van der Waals surface area contributed by atoms with Gasteiger partial charge in [0.15, 0.2) is 0 Å². The van der Waals surface area contributed by atoms with Gasteiger partial charge >= 0.3 is 0 Å². The molecule has 2 aromatic carbocycles. The summed E-state index contributed by atoms with van der Waals surface area (Å²) in [6, 6.07) is 18.7. The van der Waals surface area contributed by atoms with Crippen LogP contribution in [0.5, 0.6) is 0 Å². The third-order valence-electron chi connectivity index (χ3n) is 7.74. The van der Waals surface area contributed by atoms with Crippen LogP contribution in [0.2, 0.25) is 0 Å². The smallest absolute Gasteiger partial charge is 0.101 e. The summed E-state index contributed by atoms with van der Waals surface area (Å²) >= 11 is 0. The average Bonchev–Trinajstić information content (AvgIpc) is 2.83. The number of fused-ring (bicyclic) bond motifs is 1. The van der Waals surface area contributed by atoms with E-state index in [2.05, 4.69) is 63.9 Å². The summed E-state index contributed by atoms with van der Waals surface area (Å²) in [5, 5.41) is 10.4. The van der Waals surface area contributed by atoms with E-state index in [-0.39, 0.29) is 23.9 Å². The molecule has 0 amide bonds. The number of hydrogen-bond donors (Lipinski definition) is 1. The second kappa shape index (κ2) is 9.04. The van der Waals surface area contributed by atoms with Gasteiger partial charge < -0.3 is 20.3 Å². The molecule has 0 aliphatic carbocycles. The molecule has 0 saturated carbocycles. The maximum Gasteiger partial charge on any atom is 0.101 e. The molecular formula is C29H34N6O. The van der Waals surface area contributed by atoms with Crippen molar-refractivity contribution in [1.29, 1.82) is 5.26 Å². The first-order valence-corrected chi connectivity index (χ1v) is 12.8. The minimum Gasteiger partial charge on any atom is -0.370 e. The molecule has 2 N–H and O–H groups in total. The standard InChI is InChI=1S/C29H34N6O/c1-20-13-34(27-10-7-22(12-30)28-26(27)4-3-11-32-28)17-25(36-20)16-33-14-23(15-33)21-5-8-24(9-6-21)35-18-29(2,31)19-35/h3-11,20,23,25H,13-19,31H2,1-2H3/t20-,25+/m1/s1/i11D. The topological polar surface area (TPSA) is 81.6 Å². The summed E-state index contributed by atoms with van der Waals surface area (Å²) < 4.78 is 14.2. The minimum absolute atomic E-state index is 0.0586. The molecule has 3 aliphatic rings. The second-order valence-corrected chi connectivity index (χ2v) is 11.1. The molecule has 7 nitrogen and oxygen atoms in total. The molecule has 0 spiro atoms. The number of morpholine rings is 1.